The number of Topliss-reactive ketones (excluding diaryl/α,β-unsaturated/α-hetero) is 1. The van der Waals surface area contributed by atoms with Crippen LogP contribution in [-0.2, 0) is 6.18 Å². The number of halogens is 3. The molecule has 0 amide bonds. The summed E-state index contributed by atoms with van der Waals surface area (Å²) in [7, 11) is 0. The summed E-state index contributed by atoms with van der Waals surface area (Å²) in [6.45, 7) is 0. The number of pyridine rings is 1. The fourth-order valence-electron chi connectivity index (χ4n) is 2.44. The quantitative estimate of drug-likeness (QED) is 0.843. The number of ketones is 1. The molecule has 3 nitrogen and oxygen atoms in total. The molecular formula is C13H14F3NO2. The lowest BCUT2D eigenvalue weighted by Crippen LogP contribution is -2.41. The van der Waals surface area contributed by atoms with Crippen LogP contribution in [0, 0.1) is 0 Å². The van der Waals surface area contributed by atoms with Crippen molar-refractivity contribution in [1.82, 2.24) is 4.98 Å². The van der Waals surface area contributed by atoms with Crippen molar-refractivity contribution in [3.8, 4) is 0 Å². The first-order valence-electron chi connectivity index (χ1n) is 6.13. The average molecular weight is 273 g/mol. The molecule has 104 valence electrons. The minimum Gasteiger partial charge on any atom is -0.382 e. The maximum Gasteiger partial charge on any atom is 0.417 e. The number of carbonyl (C=O) groups excluding carboxylic acids is 1. The van der Waals surface area contributed by atoms with E-state index < -0.39 is 28.7 Å². The minimum absolute atomic E-state index is 0.206. The second-order valence-electron chi connectivity index (χ2n) is 4.84. The molecular weight excluding hydrogens is 259 g/mol. The summed E-state index contributed by atoms with van der Waals surface area (Å²) in [5, 5.41) is 10.2. The molecule has 2 rings (SSSR count). The van der Waals surface area contributed by atoms with Crippen molar-refractivity contribution in [2.45, 2.75) is 43.9 Å². The largest absolute Gasteiger partial charge is 0.417 e. The van der Waals surface area contributed by atoms with E-state index in [1.54, 1.807) is 0 Å². The summed E-state index contributed by atoms with van der Waals surface area (Å²) in [4.78, 5) is 15.8. The van der Waals surface area contributed by atoms with Crippen molar-refractivity contribution < 1.29 is 23.1 Å². The summed E-state index contributed by atoms with van der Waals surface area (Å²) in [6.07, 6.45) is -0.167. The number of aromatic nitrogens is 1. The van der Waals surface area contributed by atoms with Crippen LogP contribution in [0.15, 0.2) is 18.5 Å². The molecule has 6 heteroatoms. The summed E-state index contributed by atoms with van der Waals surface area (Å²) in [5.74, 6) is -0.868. The molecule has 1 aliphatic rings. The van der Waals surface area contributed by atoms with Gasteiger partial charge in [-0.05, 0) is 18.9 Å². The van der Waals surface area contributed by atoms with Crippen LogP contribution in [0.1, 0.15) is 48.0 Å². The Morgan fingerprint density at radius 1 is 1.26 bits per heavy atom. The van der Waals surface area contributed by atoms with E-state index in [1.165, 1.54) is 0 Å². The Morgan fingerprint density at radius 3 is 2.47 bits per heavy atom. The number of aliphatic hydroxyl groups is 1. The molecule has 0 atom stereocenters. The van der Waals surface area contributed by atoms with Gasteiger partial charge < -0.3 is 5.11 Å². The Hall–Kier alpha value is -1.43. The molecule has 0 radical (unpaired) electrons. The van der Waals surface area contributed by atoms with E-state index in [1.807, 2.05) is 0 Å². The lowest BCUT2D eigenvalue weighted by atomic mass is 9.79. The number of hydrogen-bond acceptors (Lipinski definition) is 3. The second kappa shape index (κ2) is 4.92. The van der Waals surface area contributed by atoms with Crippen molar-refractivity contribution in [2.75, 3.05) is 0 Å². The van der Waals surface area contributed by atoms with Crippen LogP contribution in [0.5, 0.6) is 0 Å². The van der Waals surface area contributed by atoms with E-state index in [9.17, 15) is 23.1 Å². The smallest absolute Gasteiger partial charge is 0.382 e. The summed E-state index contributed by atoms with van der Waals surface area (Å²) in [5.41, 5.74) is -3.26. The predicted octanol–water partition coefficient (Wildman–Crippen LogP) is 2.98. The molecule has 1 heterocycles. The molecule has 1 aliphatic carbocycles. The third-order valence-electron chi connectivity index (χ3n) is 3.47. The molecule has 0 spiro atoms. The van der Waals surface area contributed by atoms with Gasteiger partial charge >= 0.3 is 6.18 Å². The number of rotatable bonds is 2. The molecule has 1 N–H and O–H groups in total. The first-order chi connectivity index (χ1) is 8.84. The zero-order valence-corrected chi connectivity index (χ0v) is 10.2. The van der Waals surface area contributed by atoms with Crippen LogP contribution >= 0.6 is 0 Å². The fraction of sp³-hybridized carbons (Fsp3) is 0.538. The Morgan fingerprint density at radius 2 is 1.89 bits per heavy atom. The highest BCUT2D eigenvalue weighted by Gasteiger charge is 2.42. The van der Waals surface area contributed by atoms with E-state index in [2.05, 4.69) is 4.98 Å². The average Bonchev–Trinajstić information content (AvgIpc) is 2.38. The zero-order valence-electron chi connectivity index (χ0n) is 10.2. The lowest BCUT2D eigenvalue weighted by molar-refractivity contribution is -0.138. The van der Waals surface area contributed by atoms with Crippen molar-refractivity contribution in [3.05, 3.63) is 29.6 Å². The first kappa shape index (κ1) is 14.0. The number of carbonyl (C=O) groups is 1. The Balaban J connectivity index is 2.39. The van der Waals surface area contributed by atoms with Gasteiger partial charge in [0.25, 0.3) is 0 Å². The molecule has 1 aromatic rings. The van der Waals surface area contributed by atoms with Gasteiger partial charge in [0.05, 0.1) is 11.1 Å². The Bertz CT molecular complexity index is 479. The van der Waals surface area contributed by atoms with Gasteiger partial charge in [0.1, 0.15) is 5.60 Å². The summed E-state index contributed by atoms with van der Waals surface area (Å²) < 4.78 is 38.5. The highest BCUT2D eigenvalue weighted by Crippen LogP contribution is 2.36. The van der Waals surface area contributed by atoms with Crippen LogP contribution in [-0.4, -0.2) is 21.5 Å². The molecule has 0 aliphatic heterocycles. The van der Waals surface area contributed by atoms with Gasteiger partial charge in [-0.2, -0.15) is 13.2 Å². The van der Waals surface area contributed by atoms with E-state index >= 15 is 0 Å². The normalized spacial score (nSPS) is 19.2. The van der Waals surface area contributed by atoms with Gasteiger partial charge in [-0.25, -0.2) is 0 Å². The minimum atomic E-state index is -4.63. The van der Waals surface area contributed by atoms with Crippen LogP contribution in [0.3, 0.4) is 0 Å². The van der Waals surface area contributed by atoms with Crippen molar-refractivity contribution in [2.24, 2.45) is 0 Å². The highest BCUT2D eigenvalue weighted by molar-refractivity contribution is 6.03. The van der Waals surface area contributed by atoms with E-state index in [-0.39, 0.29) is 12.8 Å². The third-order valence-corrected chi connectivity index (χ3v) is 3.47. The molecule has 0 unspecified atom stereocenters. The van der Waals surface area contributed by atoms with E-state index in [0.29, 0.717) is 12.8 Å². The highest BCUT2D eigenvalue weighted by atomic mass is 19.4. The standard InChI is InChI=1S/C13H14F3NO2/c14-13(15,16)10-4-7-17-8-9(10)11(18)12(19)5-2-1-3-6-12/h4,7-8,19H,1-3,5-6H2. The second-order valence-corrected chi connectivity index (χ2v) is 4.84. The molecule has 0 saturated heterocycles. The van der Waals surface area contributed by atoms with Crippen molar-refractivity contribution in [3.63, 3.8) is 0 Å². The van der Waals surface area contributed by atoms with Crippen molar-refractivity contribution >= 4 is 5.78 Å². The maximum absolute atomic E-state index is 12.8. The third kappa shape index (κ3) is 2.78. The maximum atomic E-state index is 12.8. The predicted molar refractivity (Wildman–Crippen MR) is 61.6 cm³/mol. The lowest BCUT2D eigenvalue weighted by Gasteiger charge is -2.31. The van der Waals surface area contributed by atoms with Crippen LogP contribution in [0.25, 0.3) is 0 Å². The SMILES string of the molecule is O=C(c1cnccc1C(F)(F)F)C1(O)CCCCC1. The molecule has 0 aromatic carbocycles. The Kier molecular flexibility index (Phi) is 3.62. The van der Waals surface area contributed by atoms with Crippen LogP contribution in [0.4, 0.5) is 13.2 Å². The monoisotopic (exact) mass is 273 g/mol. The van der Waals surface area contributed by atoms with Gasteiger partial charge in [-0.3, -0.25) is 9.78 Å². The molecule has 0 bridgehead atoms. The molecule has 1 saturated carbocycles. The zero-order chi connectivity index (χ0) is 14.1. The van der Waals surface area contributed by atoms with Gasteiger partial charge in [0.2, 0.25) is 0 Å². The van der Waals surface area contributed by atoms with Gasteiger partial charge in [-0.1, -0.05) is 19.3 Å². The Labute approximate surface area is 108 Å². The molecule has 19 heavy (non-hydrogen) atoms. The van der Waals surface area contributed by atoms with Crippen LogP contribution in [0.2, 0.25) is 0 Å². The van der Waals surface area contributed by atoms with Gasteiger partial charge in [0, 0.05) is 12.4 Å². The summed E-state index contributed by atoms with van der Waals surface area (Å²) in [6, 6.07) is 0.763. The van der Waals surface area contributed by atoms with Gasteiger partial charge in [0.15, 0.2) is 5.78 Å². The van der Waals surface area contributed by atoms with Crippen molar-refractivity contribution in [1.29, 1.82) is 0 Å². The molecule has 1 aromatic heterocycles. The molecule has 1 fully saturated rings. The van der Waals surface area contributed by atoms with E-state index in [0.717, 1.165) is 24.9 Å². The fourth-order valence-corrected chi connectivity index (χ4v) is 2.44. The topological polar surface area (TPSA) is 50.2 Å². The number of nitrogens with zero attached hydrogens (tertiary/aromatic N) is 1. The van der Waals surface area contributed by atoms with Gasteiger partial charge in [-0.15, -0.1) is 0 Å². The summed E-state index contributed by atoms with van der Waals surface area (Å²) >= 11 is 0. The number of alkyl halides is 3. The number of hydrogen-bond donors (Lipinski definition) is 1. The first-order valence-corrected chi connectivity index (χ1v) is 6.13. The van der Waals surface area contributed by atoms with E-state index in [4.69, 9.17) is 0 Å². The van der Waals surface area contributed by atoms with Crippen LogP contribution < -0.4 is 0 Å².